The smallest absolute Gasteiger partial charge is 0.0968 e. The second-order valence-electron chi connectivity index (χ2n) is 8.86. The van der Waals surface area contributed by atoms with Crippen LogP contribution in [0, 0.1) is 0 Å². The molecule has 28 heavy (non-hydrogen) atoms. The van der Waals surface area contributed by atoms with Gasteiger partial charge in [-0.05, 0) is 33.6 Å². The predicted molar refractivity (Wildman–Crippen MR) is 120 cm³/mol. The molecule has 1 fully saturated rings. The number of rotatable bonds is 7. The van der Waals surface area contributed by atoms with Gasteiger partial charge in [-0.25, -0.2) is 9.97 Å². The summed E-state index contributed by atoms with van der Waals surface area (Å²) in [4.78, 5) is 18.0. The van der Waals surface area contributed by atoms with Crippen molar-refractivity contribution in [2.45, 2.75) is 90.0 Å². The fraction of sp³-hybridized carbons (Fsp3) is 0.714. The second kappa shape index (κ2) is 7.65. The van der Waals surface area contributed by atoms with E-state index in [-0.39, 0.29) is 0 Å². The minimum absolute atomic E-state index is 0.534. The van der Waals surface area contributed by atoms with Crippen LogP contribution < -0.4 is 0 Å². The Bertz CT molecular complexity index is 807. The molecule has 152 valence electrons. The number of hydrogen-bond donors (Lipinski definition) is 0. The lowest BCUT2D eigenvalue weighted by Gasteiger charge is -2.24. The first-order valence-electron chi connectivity index (χ1n) is 10.5. The first-order valence-corrected chi connectivity index (χ1v) is 13.2. The van der Waals surface area contributed by atoms with E-state index in [1.807, 2.05) is 22.7 Å². The Hall–Kier alpha value is -0.470. The Balaban J connectivity index is 1.13. The van der Waals surface area contributed by atoms with Gasteiger partial charge in [-0.2, -0.15) is 0 Å². The van der Waals surface area contributed by atoms with Crippen LogP contribution in [0.15, 0.2) is 0 Å². The summed E-state index contributed by atoms with van der Waals surface area (Å²) < 4.78 is 0. The molecule has 2 aliphatic heterocycles. The Morgan fingerprint density at radius 1 is 0.929 bits per heavy atom. The molecular weight excluding hydrogens is 404 g/mol. The highest BCUT2D eigenvalue weighted by Gasteiger charge is 2.33. The van der Waals surface area contributed by atoms with Crippen molar-refractivity contribution in [2.75, 3.05) is 5.75 Å². The van der Waals surface area contributed by atoms with Gasteiger partial charge in [0.05, 0.1) is 26.8 Å². The average molecular weight is 435 g/mol. The van der Waals surface area contributed by atoms with Crippen LogP contribution in [0.5, 0.6) is 0 Å². The lowest BCUT2D eigenvalue weighted by atomic mass is 10.2. The molecule has 2 aromatic rings. The molecule has 0 N–H and O–H groups in total. The lowest BCUT2D eigenvalue weighted by molar-refractivity contribution is 0.226. The van der Waals surface area contributed by atoms with Gasteiger partial charge in [0.1, 0.15) is 0 Å². The zero-order chi connectivity index (χ0) is 19.4. The molecule has 3 aliphatic rings. The summed E-state index contributed by atoms with van der Waals surface area (Å²) in [6.45, 7) is 13.5. The van der Waals surface area contributed by atoms with Crippen molar-refractivity contribution in [3.63, 3.8) is 0 Å². The molecule has 4 heterocycles. The molecule has 0 spiro atoms. The second-order valence-corrected chi connectivity index (χ2v) is 12.4. The number of nitrogens with zero attached hydrogens (tertiary/aromatic N) is 4. The number of thiazole rings is 2. The zero-order valence-corrected chi connectivity index (χ0v) is 19.7. The van der Waals surface area contributed by atoms with Gasteiger partial charge in [0.2, 0.25) is 0 Å². The van der Waals surface area contributed by atoms with Gasteiger partial charge in [-0.1, -0.05) is 6.92 Å². The monoisotopic (exact) mass is 434 g/mol. The van der Waals surface area contributed by atoms with Crippen molar-refractivity contribution in [3.8, 4) is 0 Å². The summed E-state index contributed by atoms with van der Waals surface area (Å²) in [5, 5.41) is 3.28. The van der Waals surface area contributed by atoms with Crippen molar-refractivity contribution in [2.24, 2.45) is 0 Å². The molecule has 4 nitrogen and oxygen atoms in total. The van der Waals surface area contributed by atoms with E-state index in [4.69, 9.17) is 9.97 Å². The molecule has 5 rings (SSSR count). The molecule has 2 atom stereocenters. The lowest BCUT2D eigenvalue weighted by Crippen LogP contribution is -2.26. The highest BCUT2D eigenvalue weighted by Crippen LogP contribution is 2.44. The van der Waals surface area contributed by atoms with Crippen LogP contribution in [0.25, 0.3) is 0 Å². The van der Waals surface area contributed by atoms with Crippen molar-refractivity contribution < 1.29 is 0 Å². The van der Waals surface area contributed by atoms with Crippen LogP contribution in [0.4, 0.5) is 0 Å². The van der Waals surface area contributed by atoms with Crippen molar-refractivity contribution in [1.82, 2.24) is 19.8 Å². The molecular formula is C21H30N4S3. The topological polar surface area (TPSA) is 32.3 Å². The summed E-state index contributed by atoms with van der Waals surface area (Å²) in [5.41, 5.74) is 2.69. The SMILES string of the molecule is CC(CSC(C)N1Cc2nc(C3CC3)sc2C1)c1nc2c(s1)CN(C(C)C)C2. The third kappa shape index (κ3) is 3.81. The summed E-state index contributed by atoms with van der Waals surface area (Å²) in [6, 6.07) is 0.609. The van der Waals surface area contributed by atoms with E-state index in [0.29, 0.717) is 17.3 Å². The van der Waals surface area contributed by atoms with Crippen LogP contribution in [0.2, 0.25) is 0 Å². The van der Waals surface area contributed by atoms with E-state index in [9.17, 15) is 0 Å². The quantitative estimate of drug-likeness (QED) is 0.582. The molecule has 2 aromatic heterocycles. The molecule has 7 heteroatoms. The van der Waals surface area contributed by atoms with E-state index >= 15 is 0 Å². The average Bonchev–Trinajstić information content (AvgIpc) is 2.99. The van der Waals surface area contributed by atoms with E-state index in [2.05, 4.69) is 49.3 Å². The minimum atomic E-state index is 0.534. The minimum Gasteiger partial charge on any atom is -0.290 e. The maximum atomic E-state index is 5.00. The normalized spacial score (nSPS) is 22.0. The summed E-state index contributed by atoms with van der Waals surface area (Å²) >= 11 is 6.00. The number of thioether (sulfide) groups is 1. The van der Waals surface area contributed by atoms with E-state index < -0.39 is 0 Å². The highest BCUT2D eigenvalue weighted by atomic mass is 32.2. The number of fused-ring (bicyclic) bond motifs is 2. The van der Waals surface area contributed by atoms with Crippen molar-refractivity contribution in [3.05, 3.63) is 31.2 Å². The number of aromatic nitrogens is 2. The van der Waals surface area contributed by atoms with Gasteiger partial charge in [-0.15, -0.1) is 34.4 Å². The first kappa shape index (κ1) is 19.5. The van der Waals surface area contributed by atoms with Gasteiger partial charge in [0.15, 0.2) is 0 Å². The largest absolute Gasteiger partial charge is 0.290 e. The molecule has 0 bridgehead atoms. The van der Waals surface area contributed by atoms with E-state index in [1.54, 1.807) is 0 Å². The van der Waals surface area contributed by atoms with Gasteiger partial charge in [0.25, 0.3) is 0 Å². The molecule has 0 aromatic carbocycles. The molecule has 1 aliphatic carbocycles. The molecule has 0 saturated heterocycles. The van der Waals surface area contributed by atoms with Gasteiger partial charge < -0.3 is 0 Å². The summed E-state index contributed by atoms with van der Waals surface area (Å²) in [6.07, 6.45) is 2.71. The summed E-state index contributed by atoms with van der Waals surface area (Å²) in [7, 11) is 0. The molecule has 2 unspecified atom stereocenters. The van der Waals surface area contributed by atoms with Gasteiger partial charge in [-0.3, -0.25) is 9.80 Å². The third-order valence-corrected chi connectivity index (χ3v) is 10.2. The predicted octanol–water partition coefficient (Wildman–Crippen LogP) is 5.40. The Kier molecular flexibility index (Phi) is 5.33. The fourth-order valence-electron chi connectivity index (χ4n) is 3.96. The molecule has 0 amide bonds. The maximum Gasteiger partial charge on any atom is 0.0968 e. The van der Waals surface area contributed by atoms with Gasteiger partial charge >= 0.3 is 0 Å². The highest BCUT2D eigenvalue weighted by molar-refractivity contribution is 7.99. The zero-order valence-electron chi connectivity index (χ0n) is 17.3. The standard InChI is InChI=1S/C21H30N4S3/c1-12(2)24-7-16-18(9-24)27-20(22-16)13(3)11-26-14(4)25-8-17-19(10-25)28-21(23-17)15-5-6-15/h12-15H,5-11H2,1-4H3. The fourth-order valence-corrected chi connectivity index (χ4v) is 7.58. The van der Waals surface area contributed by atoms with E-state index in [0.717, 1.165) is 37.8 Å². The van der Waals surface area contributed by atoms with Crippen LogP contribution in [0.1, 0.15) is 83.5 Å². The summed E-state index contributed by atoms with van der Waals surface area (Å²) in [5.74, 6) is 2.47. The van der Waals surface area contributed by atoms with Crippen molar-refractivity contribution in [1.29, 1.82) is 0 Å². The van der Waals surface area contributed by atoms with Crippen molar-refractivity contribution >= 4 is 34.4 Å². The van der Waals surface area contributed by atoms with Crippen LogP contribution in [0.3, 0.4) is 0 Å². The van der Waals surface area contributed by atoms with Crippen LogP contribution in [-0.2, 0) is 26.2 Å². The Morgan fingerprint density at radius 2 is 1.61 bits per heavy atom. The van der Waals surface area contributed by atoms with E-state index in [1.165, 1.54) is 44.0 Å². The van der Waals surface area contributed by atoms with Gasteiger partial charge in [0, 0.05) is 59.6 Å². The Labute approximate surface area is 180 Å². The maximum absolute atomic E-state index is 5.00. The molecule has 1 saturated carbocycles. The van der Waals surface area contributed by atoms with Crippen LogP contribution in [-0.4, -0.2) is 36.9 Å². The third-order valence-electron chi connectivity index (χ3n) is 6.17. The van der Waals surface area contributed by atoms with Crippen LogP contribution >= 0.6 is 34.4 Å². The number of hydrogen-bond acceptors (Lipinski definition) is 7. The molecule has 0 radical (unpaired) electrons. The first-order chi connectivity index (χ1) is 13.5. The Morgan fingerprint density at radius 3 is 2.29 bits per heavy atom.